The third-order valence-electron chi connectivity index (χ3n) is 4.09. The lowest BCUT2D eigenvalue weighted by Crippen LogP contribution is -2.31. The van der Waals surface area contributed by atoms with Gasteiger partial charge in [0.2, 0.25) is 20.0 Å². The van der Waals surface area contributed by atoms with Crippen molar-refractivity contribution < 1.29 is 16.8 Å². The number of sulfonamides is 2. The highest BCUT2D eigenvalue weighted by molar-refractivity contribution is 7.92. The van der Waals surface area contributed by atoms with E-state index in [2.05, 4.69) is 9.44 Å². The molecule has 0 heterocycles. The monoisotopic (exact) mass is 380 g/mol. The molecular weight excluding hydrogens is 360 g/mol. The highest BCUT2D eigenvalue weighted by atomic mass is 32.2. The third kappa shape index (κ3) is 4.59. The maximum Gasteiger partial charge on any atom is 0.240 e. The summed E-state index contributed by atoms with van der Waals surface area (Å²) in [6, 6.07) is 13.6. The minimum Gasteiger partial charge on any atom is -0.284 e. The molecule has 0 atom stereocenters. The van der Waals surface area contributed by atoms with Crippen LogP contribution in [0, 0.1) is 0 Å². The molecular formula is C17H20N2O4S2. The summed E-state index contributed by atoms with van der Waals surface area (Å²) in [4.78, 5) is 0.182. The third-order valence-corrected chi connectivity index (χ3v) is 6.84. The van der Waals surface area contributed by atoms with Gasteiger partial charge in [0.15, 0.2) is 0 Å². The predicted octanol–water partition coefficient (Wildman–Crippen LogP) is 1.90. The summed E-state index contributed by atoms with van der Waals surface area (Å²) in [5, 5.41) is 0. The van der Waals surface area contributed by atoms with Gasteiger partial charge in [-0.3, -0.25) is 4.72 Å². The fourth-order valence-electron chi connectivity index (χ4n) is 2.85. The topological polar surface area (TPSA) is 92.3 Å². The van der Waals surface area contributed by atoms with Crippen molar-refractivity contribution >= 4 is 25.7 Å². The molecule has 0 saturated carbocycles. The highest BCUT2D eigenvalue weighted by Gasteiger charge is 2.19. The molecule has 0 fully saturated rings. The number of nitrogens with one attached hydrogen (secondary N) is 2. The predicted molar refractivity (Wildman–Crippen MR) is 97.5 cm³/mol. The Bertz CT molecular complexity index is 955. The second-order valence-electron chi connectivity index (χ2n) is 5.97. The average molecular weight is 380 g/mol. The molecule has 0 aromatic heterocycles. The van der Waals surface area contributed by atoms with E-state index in [0.29, 0.717) is 5.69 Å². The maximum absolute atomic E-state index is 12.3. The van der Waals surface area contributed by atoms with Crippen LogP contribution in [0.2, 0.25) is 0 Å². The molecule has 1 aliphatic carbocycles. The largest absolute Gasteiger partial charge is 0.284 e. The van der Waals surface area contributed by atoms with Crippen molar-refractivity contribution in [2.45, 2.75) is 24.2 Å². The Labute approximate surface area is 148 Å². The van der Waals surface area contributed by atoms with E-state index in [0.717, 1.165) is 24.8 Å². The van der Waals surface area contributed by atoms with Gasteiger partial charge >= 0.3 is 0 Å². The molecule has 2 aromatic carbocycles. The number of anilines is 1. The van der Waals surface area contributed by atoms with E-state index in [4.69, 9.17) is 0 Å². The fraction of sp³-hybridized carbons (Fsp3) is 0.294. The molecule has 3 rings (SSSR count). The van der Waals surface area contributed by atoms with Crippen LogP contribution in [0.5, 0.6) is 0 Å². The van der Waals surface area contributed by atoms with Gasteiger partial charge in [0, 0.05) is 12.2 Å². The molecule has 25 heavy (non-hydrogen) atoms. The van der Waals surface area contributed by atoms with Crippen LogP contribution in [0.1, 0.15) is 17.5 Å². The van der Waals surface area contributed by atoms with Crippen LogP contribution in [0.15, 0.2) is 53.4 Å². The summed E-state index contributed by atoms with van der Waals surface area (Å²) in [7, 11) is -7.35. The highest BCUT2D eigenvalue weighted by Crippen LogP contribution is 2.24. The molecule has 1 aliphatic rings. The number of benzene rings is 2. The van der Waals surface area contributed by atoms with Gasteiger partial charge in [-0.2, -0.15) is 0 Å². The Balaban J connectivity index is 1.61. The summed E-state index contributed by atoms with van der Waals surface area (Å²) in [5.74, 6) is -0.341. The van der Waals surface area contributed by atoms with Gasteiger partial charge in [0.1, 0.15) is 0 Å². The first-order valence-corrected chi connectivity index (χ1v) is 11.2. The minimum atomic E-state index is -3.72. The molecule has 6 nitrogen and oxygen atoms in total. The summed E-state index contributed by atoms with van der Waals surface area (Å²) < 4.78 is 53.5. The van der Waals surface area contributed by atoms with Crippen LogP contribution in [0.25, 0.3) is 0 Å². The van der Waals surface area contributed by atoms with Crippen LogP contribution in [-0.2, 0) is 32.9 Å². The van der Waals surface area contributed by atoms with Gasteiger partial charge in [-0.15, -0.1) is 0 Å². The van der Waals surface area contributed by atoms with E-state index >= 15 is 0 Å². The van der Waals surface area contributed by atoms with Crippen LogP contribution in [-0.4, -0.2) is 29.1 Å². The van der Waals surface area contributed by atoms with E-state index in [1.54, 1.807) is 42.5 Å². The summed E-state index contributed by atoms with van der Waals surface area (Å²) in [5.41, 5.74) is 2.69. The van der Waals surface area contributed by atoms with Gasteiger partial charge in [-0.05, 0) is 54.7 Å². The first-order valence-electron chi connectivity index (χ1n) is 8.03. The molecule has 0 spiro atoms. The molecule has 0 radical (unpaired) electrons. The molecule has 0 saturated heterocycles. The number of hydrogen-bond donors (Lipinski definition) is 2. The zero-order valence-corrected chi connectivity index (χ0v) is 15.2. The van der Waals surface area contributed by atoms with E-state index in [1.165, 1.54) is 5.56 Å². The molecule has 0 bridgehead atoms. The molecule has 2 aromatic rings. The second kappa shape index (κ2) is 7.15. The van der Waals surface area contributed by atoms with Crippen molar-refractivity contribution in [2.24, 2.45) is 0 Å². The lowest BCUT2D eigenvalue weighted by molar-refractivity contribution is 0.581. The first kappa shape index (κ1) is 17.9. The number of hydrogen-bond acceptors (Lipinski definition) is 4. The van der Waals surface area contributed by atoms with E-state index in [9.17, 15) is 16.8 Å². The van der Waals surface area contributed by atoms with Crippen molar-refractivity contribution in [3.8, 4) is 0 Å². The average Bonchev–Trinajstić information content (AvgIpc) is 3.02. The molecule has 0 amide bonds. The molecule has 0 aliphatic heterocycles. The van der Waals surface area contributed by atoms with Crippen molar-refractivity contribution in [3.05, 3.63) is 59.7 Å². The molecule has 8 heteroatoms. The summed E-state index contributed by atoms with van der Waals surface area (Å²) >= 11 is 0. The van der Waals surface area contributed by atoms with E-state index < -0.39 is 20.0 Å². The zero-order chi connectivity index (χ0) is 17.9. The first-order chi connectivity index (χ1) is 11.9. The van der Waals surface area contributed by atoms with Crippen molar-refractivity contribution in [3.63, 3.8) is 0 Å². The fourth-order valence-corrected chi connectivity index (χ4v) is 5.03. The quantitative estimate of drug-likeness (QED) is 0.767. The molecule has 0 unspecified atom stereocenters. The van der Waals surface area contributed by atoms with Crippen LogP contribution in [0.4, 0.5) is 5.69 Å². The van der Waals surface area contributed by atoms with E-state index in [1.807, 2.05) is 6.07 Å². The summed E-state index contributed by atoms with van der Waals surface area (Å²) in [6.45, 7) is -0.193. The Hall–Kier alpha value is -1.90. The van der Waals surface area contributed by atoms with Crippen LogP contribution < -0.4 is 9.44 Å². The summed E-state index contributed by atoms with van der Waals surface area (Å²) in [6.07, 6.45) is 2.90. The Morgan fingerprint density at radius 1 is 0.880 bits per heavy atom. The number of aryl methyl sites for hydroxylation is 2. The van der Waals surface area contributed by atoms with Gasteiger partial charge in [0.25, 0.3) is 0 Å². The lowest BCUT2D eigenvalue weighted by atomic mass is 10.1. The van der Waals surface area contributed by atoms with Crippen LogP contribution >= 0.6 is 0 Å². The molecule has 2 N–H and O–H groups in total. The minimum absolute atomic E-state index is 0.182. The number of rotatable bonds is 7. The van der Waals surface area contributed by atoms with Gasteiger partial charge in [-0.1, -0.05) is 24.3 Å². The maximum atomic E-state index is 12.3. The normalized spacial score (nSPS) is 14.2. The van der Waals surface area contributed by atoms with Crippen LogP contribution in [0.3, 0.4) is 0 Å². The van der Waals surface area contributed by atoms with Crippen molar-refractivity contribution in [2.75, 3.05) is 17.0 Å². The smallest absolute Gasteiger partial charge is 0.240 e. The molecule has 134 valence electrons. The van der Waals surface area contributed by atoms with Crippen molar-refractivity contribution in [1.82, 2.24) is 4.72 Å². The van der Waals surface area contributed by atoms with Gasteiger partial charge in [0.05, 0.1) is 10.6 Å². The Kier molecular flexibility index (Phi) is 5.12. The SMILES string of the molecule is O=S(=O)(CCNS(=O)(=O)c1ccc2c(c1)CCC2)Nc1ccccc1. The van der Waals surface area contributed by atoms with Crippen molar-refractivity contribution in [1.29, 1.82) is 0 Å². The lowest BCUT2D eigenvalue weighted by Gasteiger charge is -2.10. The standard InChI is InChI=1S/C17H20N2O4S2/c20-24(21,19-16-7-2-1-3-8-16)12-11-18-25(22,23)17-10-9-14-5-4-6-15(14)13-17/h1-3,7-10,13,18-19H,4-6,11-12H2. The van der Waals surface area contributed by atoms with Gasteiger partial charge in [-0.25, -0.2) is 21.6 Å². The Morgan fingerprint density at radius 2 is 1.60 bits per heavy atom. The van der Waals surface area contributed by atoms with Gasteiger partial charge < -0.3 is 0 Å². The zero-order valence-electron chi connectivity index (χ0n) is 13.6. The van der Waals surface area contributed by atoms with E-state index in [-0.39, 0.29) is 17.2 Å². The number of fused-ring (bicyclic) bond motifs is 1. The second-order valence-corrected chi connectivity index (χ2v) is 9.58. The number of para-hydroxylation sites is 1. The Morgan fingerprint density at radius 3 is 2.36 bits per heavy atom.